The van der Waals surface area contributed by atoms with Crippen LogP contribution in [0.4, 0.5) is 11.4 Å². The van der Waals surface area contributed by atoms with Gasteiger partial charge in [0.1, 0.15) is 0 Å². The van der Waals surface area contributed by atoms with Crippen LogP contribution >= 0.6 is 0 Å². The third kappa shape index (κ3) is 4.68. The number of anilines is 2. The number of benzene rings is 1. The first-order valence-corrected chi connectivity index (χ1v) is 9.96. The summed E-state index contributed by atoms with van der Waals surface area (Å²) in [5.41, 5.74) is 1.59. The predicted octanol–water partition coefficient (Wildman–Crippen LogP) is 2.89. The summed E-state index contributed by atoms with van der Waals surface area (Å²) in [6.07, 6.45) is 1.72. The zero-order chi connectivity index (χ0) is 19.6. The van der Waals surface area contributed by atoms with Gasteiger partial charge in [-0.25, -0.2) is 0 Å². The molecule has 0 bridgehead atoms. The SMILES string of the molecule is CC(C)[C@@H](C(=O)Nc1cccc(N2CCCC2=O)c1)N1C[C@@H](C)O[C@H](C)C1. The molecule has 0 unspecified atom stereocenters. The molecule has 2 amide bonds. The summed E-state index contributed by atoms with van der Waals surface area (Å²) >= 11 is 0. The highest BCUT2D eigenvalue weighted by atomic mass is 16.5. The van der Waals surface area contributed by atoms with E-state index in [1.807, 2.05) is 24.3 Å². The molecule has 0 spiro atoms. The Balaban J connectivity index is 1.73. The van der Waals surface area contributed by atoms with E-state index in [0.29, 0.717) is 6.42 Å². The van der Waals surface area contributed by atoms with Crippen molar-refractivity contribution < 1.29 is 14.3 Å². The fourth-order valence-electron chi connectivity index (χ4n) is 4.22. The first-order chi connectivity index (χ1) is 12.8. The highest BCUT2D eigenvalue weighted by Gasteiger charge is 2.34. The Hall–Kier alpha value is -1.92. The van der Waals surface area contributed by atoms with Crippen LogP contribution in [0.25, 0.3) is 0 Å². The van der Waals surface area contributed by atoms with Gasteiger partial charge in [-0.1, -0.05) is 19.9 Å². The molecule has 2 saturated heterocycles. The van der Waals surface area contributed by atoms with Gasteiger partial charge >= 0.3 is 0 Å². The van der Waals surface area contributed by atoms with Gasteiger partial charge in [0.05, 0.1) is 18.2 Å². The van der Waals surface area contributed by atoms with Gasteiger partial charge in [-0.3, -0.25) is 14.5 Å². The molecule has 6 heteroatoms. The highest BCUT2D eigenvalue weighted by molar-refractivity contribution is 5.98. The van der Waals surface area contributed by atoms with Crippen molar-refractivity contribution in [1.82, 2.24) is 4.90 Å². The van der Waals surface area contributed by atoms with Crippen LogP contribution < -0.4 is 10.2 Å². The lowest BCUT2D eigenvalue weighted by Gasteiger charge is -2.41. The van der Waals surface area contributed by atoms with Crippen LogP contribution in [0.15, 0.2) is 24.3 Å². The smallest absolute Gasteiger partial charge is 0.241 e. The molecule has 3 atom stereocenters. The van der Waals surface area contributed by atoms with Crippen molar-refractivity contribution in [3.63, 3.8) is 0 Å². The fourth-order valence-corrected chi connectivity index (χ4v) is 4.22. The maximum atomic E-state index is 13.1. The molecule has 0 aromatic heterocycles. The van der Waals surface area contributed by atoms with Crippen LogP contribution in [0.1, 0.15) is 40.5 Å². The monoisotopic (exact) mass is 373 g/mol. The lowest BCUT2D eigenvalue weighted by Crippen LogP contribution is -2.55. The van der Waals surface area contributed by atoms with Gasteiger partial charge < -0.3 is 15.0 Å². The fraction of sp³-hybridized carbons (Fsp3) is 0.619. The zero-order valence-electron chi connectivity index (χ0n) is 16.8. The standard InChI is InChI=1S/C21H31N3O3/c1-14(2)20(23-12-15(3)27-16(4)13-23)21(26)22-17-7-5-8-18(11-17)24-10-6-9-19(24)25/h5,7-8,11,14-16,20H,6,9-10,12-13H2,1-4H3,(H,22,26)/t15-,16-,20+/m1/s1. The normalized spacial score (nSPS) is 25.1. The molecule has 1 N–H and O–H groups in total. The second-order valence-corrected chi connectivity index (χ2v) is 8.09. The van der Waals surface area contributed by atoms with E-state index >= 15 is 0 Å². The molecule has 0 saturated carbocycles. The molecule has 27 heavy (non-hydrogen) atoms. The molecule has 1 aromatic carbocycles. The summed E-state index contributed by atoms with van der Waals surface area (Å²) in [4.78, 5) is 29.1. The molecule has 148 valence electrons. The van der Waals surface area contributed by atoms with Gasteiger partial charge in [-0.2, -0.15) is 0 Å². The van der Waals surface area contributed by atoms with Crippen molar-refractivity contribution in [3.8, 4) is 0 Å². The van der Waals surface area contributed by atoms with Crippen LogP contribution in [-0.4, -0.2) is 54.6 Å². The average molecular weight is 373 g/mol. The van der Waals surface area contributed by atoms with E-state index in [0.717, 1.165) is 37.4 Å². The number of ether oxygens (including phenoxy) is 1. The van der Waals surface area contributed by atoms with E-state index in [9.17, 15) is 9.59 Å². The van der Waals surface area contributed by atoms with Gasteiger partial charge in [0.15, 0.2) is 0 Å². The number of amides is 2. The van der Waals surface area contributed by atoms with Crippen molar-refractivity contribution in [3.05, 3.63) is 24.3 Å². The first kappa shape index (κ1) is 19.8. The van der Waals surface area contributed by atoms with Crippen LogP contribution in [-0.2, 0) is 14.3 Å². The van der Waals surface area contributed by atoms with Crippen LogP contribution in [0.5, 0.6) is 0 Å². The molecular weight excluding hydrogens is 342 g/mol. The van der Waals surface area contributed by atoms with Gasteiger partial charge in [-0.15, -0.1) is 0 Å². The quantitative estimate of drug-likeness (QED) is 0.862. The van der Waals surface area contributed by atoms with Crippen LogP contribution in [0.3, 0.4) is 0 Å². The minimum atomic E-state index is -0.212. The Kier molecular flexibility index (Phi) is 6.17. The lowest BCUT2D eigenvalue weighted by molar-refractivity contribution is -0.130. The third-order valence-electron chi connectivity index (χ3n) is 5.24. The summed E-state index contributed by atoms with van der Waals surface area (Å²) < 4.78 is 5.82. The Bertz CT molecular complexity index is 681. The van der Waals surface area contributed by atoms with Crippen molar-refractivity contribution in [1.29, 1.82) is 0 Å². The van der Waals surface area contributed by atoms with Crippen molar-refractivity contribution >= 4 is 23.2 Å². The summed E-state index contributed by atoms with van der Waals surface area (Å²) in [5.74, 6) is 0.330. The second kappa shape index (κ2) is 8.40. The van der Waals surface area contributed by atoms with Gasteiger partial charge in [0.25, 0.3) is 0 Å². The Labute approximate surface area is 161 Å². The highest BCUT2D eigenvalue weighted by Crippen LogP contribution is 2.25. The van der Waals surface area contributed by atoms with E-state index in [-0.39, 0.29) is 36.0 Å². The minimum absolute atomic E-state index is 0.00352. The summed E-state index contributed by atoms with van der Waals surface area (Å²) in [5, 5.41) is 3.07. The molecule has 0 radical (unpaired) electrons. The molecule has 2 fully saturated rings. The Morgan fingerprint density at radius 3 is 2.52 bits per heavy atom. The first-order valence-electron chi connectivity index (χ1n) is 9.96. The minimum Gasteiger partial charge on any atom is -0.373 e. The molecule has 2 aliphatic rings. The largest absolute Gasteiger partial charge is 0.373 e. The molecule has 0 aliphatic carbocycles. The predicted molar refractivity (Wildman–Crippen MR) is 107 cm³/mol. The lowest BCUT2D eigenvalue weighted by atomic mass is 9.99. The van der Waals surface area contributed by atoms with E-state index < -0.39 is 0 Å². The van der Waals surface area contributed by atoms with Crippen LogP contribution in [0.2, 0.25) is 0 Å². The Morgan fingerprint density at radius 2 is 1.93 bits per heavy atom. The maximum Gasteiger partial charge on any atom is 0.241 e. The number of hydrogen-bond acceptors (Lipinski definition) is 4. The van der Waals surface area contributed by atoms with Crippen molar-refractivity contribution in [2.24, 2.45) is 5.92 Å². The Morgan fingerprint density at radius 1 is 1.22 bits per heavy atom. The molecule has 2 heterocycles. The number of nitrogens with one attached hydrogen (secondary N) is 1. The van der Waals surface area contributed by atoms with Gasteiger partial charge in [0.2, 0.25) is 11.8 Å². The molecular formula is C21H31N3O3. The molecule has 6 nitrogen and oxygen atoms in total. The summed E-state index contributed by atoms with van der Waals surface area (Å²) in [7, 11) is 0. The number of carbonyl (C=O) groups excluding carboxylic acids is 2. The van der Waals surface area contributed by atoms with Crippen LogP contribution in [0, 0.1) is 5.92 Å². The van der Waals surface area contributed by atoms with Crippen molar-refractivity contribution in [2.75, 3.05) is 29.9 Å². The number of carbonyl (C=O) groups is 2. The van der Waals surface area contributed by atoms with E-state index in [2.05, 4.69) is 37.9 Å². The molecule has 1 aromatic rings. The molecule has 2 aliphatic heterocycles. The number of nitrogens with zero attached hydrogens (tertiary/aromatic N) is 2. The summed E-state index contributed by atoms with van der Waals surface area (Å²) in [6, 6.07) is 7.37. The zero-order valence-corrected chi connectivity index (χ0v) is 16.8. The average Bonchev–Trinajstić information content (AvgIpc) is 3.00. The van der Waals surface area contributed by atoms with E-state index in [1.54, 1.807) is 4.90 Å². The number of rotatable bonds is 5. The third-order valence-corrected chi connectivity index (χ3v) is 5.24. The van der Waals surface area contributed by atoms with Gasteiger partial charge in [-0.05, 0) is 44.4 Å². The topological polar surface area (TPSA) is 61.9 Å². The maximum absolute atomic E-state index is 13.1. The van der Waals surface area contributed by atoms with E-state index in [1.165, 1.54) is 0 Å². The number of morpholine rings is 1. The summed E-state index contributed by atoms with van der Waals surface area (Å²) in [6.45, 7) is 10.5. The van der Waals surface area contributed by atoms with Crippen molar-refractivity contribution in [2.45, 2.75) is 58.8 Å². The molecule has 3 rings (SSSR count). The van der Waals surface area contributed by atoms with E-state index in [4.69, 9.17) is 4.74 Å². The second-order valence-electron chi connectivity index (χ2n) is 8.09. The van der Waals surface area contributed by atoms with Gasteiger partial charge in [0, 0.05) is 37.4 Å². The number of hydrogen-bond donors (Lipinski definition) is 1.